The van der Waals surface area contributed by atoms with Gasteiger partial charge in [-0.25, -0.2) is 0 Å². The molecule has 16 heavy (non-hydrogen) atoms. The van der Waals surface area contributed by atoms with Crippen LogP contribution in [0, 0.1) is 17.8 Å². The van der Waals surface area contributed by atoms with Crippen molar-refractivity contribution in [1.82, 2.24) is 4.90 Å². The highest BCUT2D eigenvalue weighted by atomic mass is 16.5. The van der Waals surface area contributed by atoms with E-state index < -0.39 is 0 Å². The van der Waals surface area contributed by atoms with Crippen LogP contribution in [-0.4, -0.2) is 37.1 Å². The van der Waals surface area contributed by atoms with Crippen molar-refractivity contribution in [3.63, 3.8) is 0 Å². The molecule has 0 aromatic heterocycles. The number of piperidine rings is 1. The molecule has 3 nitrogen and oxygen atoms in total. The molecule has 0 spiro atoms. The lowest BCUT2D eigenvalue weighted by atomic mass is 9.86. The maximum absolute atomic E-state index is 12.1. The maximum Gasteiger partial charge on any atom is 0.228 e. The second-order valence-electron chi connectivity index (χ2n) is 5.47. The second-order valence-corrected chi connectivity index (χ2v) is 5.47. The van der Waals surface area contributed by atoms with Crippen LogP contribution < -0.4 is 0 Å². The quantitative estimate of drug-likeness (QED) is 0.718. The van der Waals surface area contributed by atoms with E-state index in [4.69, 9.17) is 4.74 Å². The third-order valence-corrected chi connectivity index (χ3v) is 4.07. The molecule has 0 aliphatic carbocycles. The number of likely N-dealkylation sites (tertiary alicyclic amines) is 1. The molecule has 92 valence electrons. The van der Waals surface area contributed by atoms with Gasteiger partial charge >= 0.3 is 0 Å². The number of nitrogens with zero attached hydrogens (tertiary/aromatic N) is 1. The lowest BCUT2D eigenvalue weighted by molar-refractivity contribution is -0.137. The third-order valence-electron chi connectivity index (χ3n) is 4.07. The van der Waals surface area contributed by atoms with Crippen LogP contribution in [0.1, 0.15) is 33.1 Å². The van der Waals surface area contributed by atoms with Crippen LogP contribution in [0.25, 0.3) is 0 Å². The summed E-state index contributed by atoms with van der Waals surface area (Å²) in [4.78, 5) is 14.2. The predicted octanol–water partition coefficient (Wildman–Crippen LogP) is 1.92. The average molecular weight is 225 g/mol. The van der Waals surface area contributed by atoms with Crippen LogP contribution in [0.3, 0.4) is 0 Å². The zero-order valence-corrected chi connectivity index (χ0v) is 10.4. The lowest BCUT2D eigenvalue weighted by Crippen LogP contribution is -2.42. The minimum atomic E-state index is 0.149. The number of hydrogen-bond acceptors (Lipinski definition) is 2. The van der Waals surface area contributed by atoms with Gasteiger partial charge in [-0.2, -0.15) is 0 Å². The van der Waals surface area contributed by atoms with Gasteiger partial charge < -0.3 is 9.64 Å². The fraction of sp³-hybridized carbons (Fsp3) is 0.923. The zero-order valence-electron chi connectivity index (χ0n) is 10.4. The van der Waals surface area contributed by atoms with Crippen LogP contribution in [0.2, 0.25) is 0 Å². The molecule has 0 aromatic rings. The second kappa shape index (κ2) is 5.17. The van der Waals surface area contributed by atoms with Crippen molar-refractivity contribution in [3.8, 4) is 0 Å². The van der Waals surface area contributed by atoms with Gasteiger partial charge in [0.15, 0.2) is 0 Å². The Kier molecular flexibility index (Phi) is 3.85. The van der Waals surface area contributed by atoms with Gasteiger partial charge in [0.2, 0.25) is 5.91 Å². The summed E-state index contributed by atoms with van der Waals surface area (Å²) in [5.74, 6) is 2.05. The first-order valence-electron chi connectivity index (χ1n) is 6.55. The molecule has 2 aliphatic rings. The molecule has 2 fully saturated rings. The topological polar surface area (TPSA) is 29.5 Å². The van der Waals surface area contributed by atoms with Gasteiger partial charge in [0, 0.05) is 19.7 Å². The Bertz CT molecular complexity index is 238. The normalized spacial score (nSPS) is 27.7. The Morgan fingerprint density at radius 1 is 1.25 bits per heavy atom. The van der Waals surface area contributed by atoms with E-state index in [9.17, 15) is 4.79 Å². The van der Waals surface area contributed by atoms with Crippen LogP contribution in [0.5, 0.6) is 0 Å². The standard InChI is InChI=1S/C13H23NO2/c1-10(2)11-3-6-14(7-4-11)13(15)12-5-8-16-9-12/h10-12H,3-9H2,1-2H3/t12-/m0/s1. The van der Waals surface area contributed by atoms with E-state index in [0.717, 1.165) is 38.0 Å². The van der Waals surface area contributed by atoms with E-state index in [1.54, 1.807) is 0 Å². The molecule has 0 radical (unpaired) electrons. The summed E-state index contributed by atoms with van der Waals surface area (Å²) in [7, 11) is 0. The highest BCUT2D eigenvalue weighted by molar-refractivity contribution is 5.79. The molecule has 0 bridgehead atoms. The summed E-state index contributed by atoms with van der Waals surface area (Å²) in [6, 6.07) is 0. The number of hydrogen-bond donors (Lipinski definition) is 0. The number of rotatable bonds is 2. The number of amides is 1. The van der Waals surface area contributed by atoms with Crippen molar-refractivity contribution in [2.24, 2.45) is 17.8 Å². The fourth-order valence-electron chi connectivity index (χ4n) is 2.77. The predicted molar refractivity (Wildman–Crippen MR) is 63.1 cm³/mol. The molecular weight excluding hydrogens is 202 g/mol. The summed E-state index contributed by atoms with van der Waals surface area (Å²) in [6.45, 7) is 7.89. The van der Waals surface area contributed by atoms with Crippen LogP contribution in [0.15, 0.2) is 0 Å². The fourth-order valence-corrected chi connectivity index (χ4v) is 2.77. The van der Waals surface area contributed by atoms with Crippen molar-refractivity contribution in [2.45, 2.75) is 33.1 Å². The molecule has 0 aromatic carbocycles. The van der Waals surface area contributed by atoms with Crippen molar-refractivity contribution < 1.29 is 9.53 Å². The Morgan fingerprint density at radius 3 is 2.44 bits per heavy atom. The molecule has 2 heterocycles. The first kappa shape index (κ1) is 11.9. The van der Waals surface area contributed by atoms with Crippen molar-refractivity contribution in [1.29, 1.82) is 0 Å². The van der Waals surface area contributed by atoms with Crippen LogP contribution in [0.4, 0.5) is 0 Å². The molecule has 2 saturated heterocycles. The molecule has 1 atom stereocenters. The number of ether oxygens (including phenoxy) is 1. The van der Waals surface area contributed by atoms with Crippen molar-refractivity contribution >= 4 is 5.91 Å². The zero-order chi connectivity index (χ0) is 11.5. The van der Waals surface area contributed by atoms with E-state index in [1.165, 1.54) is 12.8 Å². The largest absolute Gasteiger partial charge is 0.381 e. The molecule has 1 amide bonds. The first-order chi connectivity index (χ1) is 7.68. The van der Waals surface area contributed by atoms with Crippen LogP contribution >= 0.6 is 0 Å². The Hall–Kier alpha value is -0.570. The highest BCUT2D eigenvalue weighted by Crippen LogP contribution is 2.26. The van der Waals surface area contributed by atoms with Crippen LogP contribution in [-0.2, 0) is 9.53 Å². The number of carbonyl (C=O) groups is 1. The molecule has 3 heteroatoms. The molecular formula is C13H23NO2. The van der Waals surface area contributed by atoms with E-state index in [1.807, 2.05) is 0 Å². The summed E-state index contributed by atoms with van der Waals surface area (Å²) in [6.07, 6.45) is 3.27. The van der Waals surface area contributed by atoms with Gasteiger partial charge in [-0.15, -0.1) is 0 Å². The molecule has 0 saturated carbocycles. The van der Waals surface area contributed by atoms with Gasteiger partial charge in [0.25, 0.3) is 0 Å². The Balaban J connectivity index is 1.81. The monoisotopic (exact) mass is 225 g/mol. The minimum absolute atomic E-state index is 0.149. The molecule has 2 aliphatic heterocycles. The van der Waals surface area contributed by atoms with E-state index >= 15 is 0 Å². The van der Waals surface area contributed by atoms with Gasteiger partial charge in [-0.1, -0.05) is 13.8 Å². The van der Waals surface area contributed by atoms with Gasteiger partial charge in [0.1, 0.15) is 0 Å². The Morgan fingerprint density at radius 2 is 1.94 bits per heavy atom. The van der Waals surface area contributed by atoms with E-state index in [0.29, 0.717) is 12.5 Å². The van der Waals surface area contributed by atoms with Gasteiger partial charge in [-0.05, 0) is 31.1 Å². The maximum atomic E-state index is 12.1. The summed E-state index contributed by atoms with van der Waals surface area (Å²) < 4.78 is 5.28. The molecule has 2 rings (SSSR count). The third kappa shape index (κ3) is 2.57. The van der Waals surface area contributed by atoms with Crippen molar-refractivity contribution in [3.05, 3.63) is 0 Å². The number of carbonyl (C=O) groups excluding carboxylic acids is 1. The van der Waals surface area contributed by atoms with Gasteiger partial charge in [0.05, 0.1) is 12.5 Å². The Labute approximate surface area is 98.1 Å². The minimum Gasteiger partial charge on any atom is -0.381 e. The molecule has 0 N–H and O–H groups in total. The first-order valence-corrected chi connectivity index (χ1v) is 6.55. The SMILES string of the molecule is CC(C)C1CCN(C(=O)[C@H]2CCOC2)CC1. The highest BCUT2D eigenvalue weighted by Gasteiger charge is 2.31. The average Bonchev–Trinajstić information content (AvgIpc) is 2.81. The summed E-state index contributed by atoms with van der Waals surface area (Å²) in [5.41, 5.74) is 0. The molecule has 0 unspecified atom stereocenters. The van der Waals surface area contributed by atoms with E-state index in [2.05, 4.69) is 18.7 Å². The summed E-state index contributed by atoms with van der Waals surface area (Å²) >= 11 is 0. The lowest BCUT2D eigenvalue weighted by Gasteiger charge is -2.35. The van der Waals surface area contributed by atoms with E-state index in [-0.39, 0.29) is 5.92 Å². The smallest absolute Gasteiger partial charge is 0.228 e. The van der Waals surface area contributed by atoms with Crippen molar-refractivity contribution in [2.75, 3.05) is 26.3 Å². The summed E-state index contributed by atoms with van der Waals surface area (Å²) in [5, 5.41) is 0. The van der Waals surface area contributed by atoms with Gasteiger partial charge in [-0.3, -0.25) is 4.79 Å².